The van der Waals surface area contributed by atoms with Gasteiger partial charge in [-0.05, 0) is 74.6 Å². The van der Waals surface area contributed by atoms with E-state index in [-0.39, 0.29) is 23.0 Å². The number of anilines is 1. The van der Waals surface area contributed by atoms with Gasteiger partial charge in [0.1, 0.15) is 18.3 Å². The molecule has 9 heteroatoms. The van der Waals surface area contributed by atoms with E-state index in [1.165, 1.54) is 24.1 Å². The zero-order valence-corrected chi connectivity index (χ0v) is 26.3. The van der Waals surface area contributed by atoms with E-state index in [2.05, 4.69) is 5.32 Å². The van der Waals surface area contributed by atoms with Crippen molar-refractivity contribution in [3.8, 4) is 5.75 Å². The third-order valence-corrected chi connectivity index (χ3v) is 9.08. The van der Waals surface area contributed by atoms with Gasteiger partial charge >= 0.3 is 0 Å². The van der Waals surface area contributed by atoms with Gasteiger partial charge in [0.15, 0.2) is 0 Å². The molecule has 0 aliphatic carbocycles. The van der Waals surface area contributed by atoms with E-state index in [1.807, 2.05) is 65.0 Å². The van der Waals surface area contributed by atoms with E-state index in [0.29, 0.717) is 18.7 Å². The van der Waals surface area contributed by atoms with Crippen molar-refractivity contribution in [3.63, 3.8) is 0 Å². The molecule has 42 heavy (non-hydrogen) atoms. The van der Waals surface area contributed by atoms with Crippen LogP contribution >= 0.6 is 0 Å². The zero-order chi connectivity index (χ0) is 30.9. The van der Waals surface area contributed by atoms with Crippen LogP contribution in [0.1, 0.15) is 55.4 Å². The molecule has 3 aromatic rings. The Morgan fingerprint density at radius 2 is 1.60 bits per heavy atom. The summed E-state index contributed by atoms with van der Waals surface area (Å²) in [5.74, 6) is -0.428. The van der Waals surface area contributed by atoms with Crippen LogP contribution in [-0.2, 0) is 26.2 Å². The molecule has 1 atom stereocenters. The first-order valence-corrected chi connectivity index (χ1v) is 15.8. The molecule has 226 valence electrons. The molecule has 0 fully saturated rings. The molecule has 0 aliphatic rings. The van der Waals surface area contributed by atoms with Crippen LogP contribution < -0.4 is 14.4 Å². The van der Waals surface area contributed by atoms with Crippen molar-refractivity contribution in [2.45, 2.75) is 71.4 Å². The molecule has 0 saturated heterocycles. The van der Waals surface area contributed by atoms with Gasteiger partial charge in [-0.15, -0.1) is 0 Å². The summed E-state index contributed by atoms with van der Waals surface area (Å²) in [5, 5.41) is 2.96. The largest absolute Gasteiger partial charge is 0.495 e. The van der Waals surface area contributed by atoms with Crippen LogP contribution in [0.25, 0.3) is 0 Å². The Morgan fingerprint density at radius 1 is 0.929 bits per heavy atom. The highest BCUT2D eigenvalue weighted by molar-refractivity contribution is 7.92. The summed E-state index contributed by atoms with van der Waals surface area (Å²) in [6, 6.07) is 18.6. The molecule has 8 nitrogen and oxygen atoms in total. The number of ether oxygens (including phenoxy) is 1. The van der Waals surface area contributed by atoms with Crippen LogP contribution in [0.2, 0.25) is 0 Å². The summed E-state index contributed by atoms with van der Waals surface area (Å²) in [6.07, 6.45) is 2.12. The summed E-state index contributed by atoms with van der Waals surface area (Å²) < 4.78 is 35.0. The first-order valence-electron chi connectivity index (χ1n) is 14.4. The second-order valence-corrected chi connectivity index (χ2v) is 12.4. The predicted molar refractivity (Wildman–Crippen MR) is 167 cm³/mol. The van der Waals surface area contributed by atoms with E-state index < -0.39 is 28.5 Å². The van der Waals surface area contributed by atoms with Crippen molar-refractivity contribution >= 4 is 27.5 Å². The Bertz CT molecular complexity index is 1470. The number of hydrogen-bond acceptors (Lipinski definition) is 5. The lowest BCUT2D eigenvalue weighted by atomic mass is 10.1. The second-order valence-electron chi connectivity index (χ2n) is 10.5. The van der Waals surface area contributed by atoms with Crippen LogP contribution in [0.3, 0.4) is 0 Å². The van der Waals surface area contributed by atoms with Crippen molar-refractivity contribution in [2.75, 3.05) is 24.5 Å². The molecular weight excluding hydrogens is 550 g/mol. The monoisotopic (exact) mass is 593 g/mol. The molecule has 0 radical (unpaired) electrons. The molecule has 0 saturated carbocycles. The van der Waals surface area contributed by atoms with Gasteiger partial charge in [-0.2, -0.15) is 0 Å². The van der Waals surface area contributed by atoms with Gasteiger partial charge in [-0.25, -0.2) is 8.42 Å². The van der Waals surface area contributed by atoms with Crippen molar-refractivity contribution in [3.05, 3.63) is 89.0 Å². The Labute approximate surface area is 250 Å². The average molecular weight is 594 g/mol. The topological polar surface area (TPSA) is 96.0 Å². The normalized spacial score (nSPS) is 12.0. The first-order chi connectivity index (χ1) is 20.0. The quantitative estimate of drug-likeness (QED) is 0.248. The van der Waals surface area contributed by atoms with Gasteiger partial charge in [0, 0.05) is 13.1 Å². The molecule has 1 N–H and O–H groups in total. The molecule has 0 unspecified atom stereocenters. The Hall–Kier alpha value is -3.85. The fourth-order valence-corrected chi connectivity index (χ4v) is 6.16. The SMILES string of the molecule is CCCCNC(=O)[C@@H](CC)N(Cc1ccccc1C)C(=O)CN(c1cc(C)ccc1OC)S(=O)(=O)c1ccc(C)cc1. The number of carbonyl (C=O) groups is 2. The smallest absolute Gasteiger partial charge is 0.264 e. The van der Waals surface area contributed by atoms with E-state index in [1.54, 1.807) is 24.3 Å². The predicted octanol–water partition coefficient (Wildman–Crippen LogP) is 5.54. The van der Waals surface area contributed by atoms with Gasteiger partial charge in [0.2, 0.25) is 11.8 Å². The van der Waals surface area contributed by atoms with E-state index in [9.17, 15) is 18.0 Å². The highest BCUT2D eigenvalue weighted by Crippen LogP contribution is 2.34. The van der Waals surface area contributed by atoms with Crippen LogP contribution in [0.15, 0.2) is 71.6 Å². The van der Waals surface area contributed by atoms with E-state index in [4.69, 9.17) is 4.74 Å². The lowest BCUT2D eigenvalue weighted by molar-refractivity contribution is -0.140. The summed E-state index contributed by atoms with van der Waals surface area (Å²) >= 11 is 0. The van der Waals surface area contributed by atoms with Crippen LogP contribution in [0.4, 0.5) is 5.69 Å². The van der Waals surface area contributed by atoms with Crippen molar-refractivity contribution in [1.82, 2.24) is 10.2 Å². The fraction of sp³-hybridized carbons (Fsp3) is 0.394. The number of nitrogens with zero attached hydrogens (tertiary/aromatic N) is 2. The van der Waals surface area contributed by atoms with Crippen molar-refractivity contribution in [2.24, 2.45) is 0 Å². The van der Waals surface area contributed by atoms with Gasteiger partial charge in [-0.3, -0.25) is 13.9 Å². The van der Waals surface area contributed by atoms with Crippen LogP contribution in [0, 0.1) is 20.8 Å². The number of carbonyl (C=O) groups excluding carboxylic acids is 2. The minimum atomic E-state index is -4.19. The Morgan fingerprint density at radius 3 is 2.21 bits per heavy atom. The molecule has 0 aliphatic heterocycles. The molecular formula is C33H43N3O5S. The molecule has 0 heterocycles. The molecule has 0 aromatic heterocycles. The number of benzene rings is 3. The number of nitrogens with one attached hydrogen (secondary N) is 1. The summed E-state index contributed by atoms with van der Waals surface area (Å²) in [5.41, 5.74) is 3.82. The number of hydrogen-bond donors (Lipinski definition) is 1. The standard InChI is InChI=1S/C33H43N3O5S/c1-7-9-20-34-33(38)29(8-2)35(22-27-13-11-10-12-26(27)5)32(37)23-36(30-21-25(4)16-19-31(30)41-6)42(39,40)28-17-14-24(3)15-18-28/h10-19,21,29H,7-9,20,22-23H2,1-6H3,(H,34,38)/t29-/m1/s1. The molecule has 0 bridgehead atoms. The van der Waals surface area contributed by atoms with Gasteiger partial charge in [-0.1, -0.05) is 68.3 Å². The molecule has 3 aromatic carbocycles. The maximum atomic E-state index is 14.3. The third-order valence-electron chi connectivity index (χ3n) is 7.31. The van der Waals surface area contributed by atoms with Gasteiger partial charge in [0.25, 0.3) is 10.0 Å². The second kappa shape index (κ2) is 14.9. The lowest BCUT2D eigenvalue weighted by Gasteiger charge is -2.34. The number of unbranched alkanes of at least 4 members (excludes halogenated alkanes) is 1. The lowest BCUT2D eigenvalue weighted by Crippen LogP contribution is -2.52. The number of aryl methyl sites for hydroxylation is 3. The highest BCUT2D eigenvalue weighted by atomic mass is 32.2. The van der Waals surface area contributed by atoms with Gasteiger partial charge < -0.3 is 15.0 Å². The minimum Gasteiger partial charge on any atom is -0.495 e. The van der Waals surface area contributed by atoms with Crippen LogP contribution in [-0.4, -0.2) is 51.4 Å². The van der Waals surface area contributed by atoms with Crippen LogP contribution in [0.5, 0.6) is 5.75 Å². The average Bonchev–Trinajstić information content (AvgIpc) is 2.97. The number of sulfonamides is 1. The van der Waals surface area contributed by atoms with E-state index in [0.717, 1.165) is 39.4 Å². The van der Waals surface area contributed by atoms with Crippen molar-refractivity contribution < 1.29 is 22.7 Å². The Kier molecular flexibility index (Phi) is 11.6. The molecule has 2 amide bonds. The molecule has 0 spiro atoms. The number of methoxy groups -OCH3 is 1. The van der Waals surface area contributed by atoms with Crippen molar-refractivity contribution in [1.29, 1.82) is 0 Å². The number of rotatable bonds is 14. The zero-order valence-electron chi connectivity index (χ0n) is 25.5. The maximum absolute atomic E-state index is 14.3. The third kappa shape index (κ3) is 7.91. The Balaban J connectivity index is 2.11. The number of amides is 2. The highest BCUT2D eigenvalue weighted by Gasteiger charge is 2.35. The first kappa shape index (κ1) is 32.7. The van der Waals surface area contributed by atoms with Gasteiger partial charge in [0.05, 0.1) is 17.7 Å². The van der Waals surface area contributed by atoms with E-state index >= 15 is 0 Å². The summed E-state index contributed by atoms with van der Waals surface area (Å²) in [7, 11) is -2.73. The fourth-order valence-electron chi connectivity index (χ4n) is 4.74. The summed E-state index contributed by atoms with van der Waals surface area (Å²) in [4.78, 5) is 29.2. The maximum Gasteiger partial charge on any atom is 0.264 e. The molecule has 3 rings (SSSR count). The summed E-state index contributed by atoms with van der Waals surface area (Å²) in [6.45, 7) is 9.72. The minimum absolute atomic E-state index is 0.0549.